The number of carbonyl (C=O) groups excluding carboxylic acids is 1. The lowest BCUT2D eigenvalue weighted by Crippen LogP contribution is -2.16. The Hall–Kier alpha value is -2.86. The lowest BCUT2D eigenvalue weighted by atomic mass is 10.2. The van der Waals surface area contributed by atoms with Gasteiger partial charge in [0.1, 0.15) is 18.2 Å². The van der Waals surface area contributed by atoms with Crippen molar-refractivity contribution >= 4 is 22.6 Å². The predicted molar refractivity (Wildman–Crippen MR) is 116 cm³/mol. The van der Waals surface area contributed by atoms with Crippen LogP contribution in [0.5, 0.6) is 5.75 Å². The van der Waals surface area contributed by atoms with Crippen LogP contribution in [-0.2, 0) is 17.7 Å². The Kier molecular flexibility index (Phi) is 5.41. The van der Waals surface area contributed by atoms with Crippen molar-refractivity contribution in [3.8, 4) is 5.75 Å². The van der Waals surface area contributed by atoms with E-state index in [9.17, 15) is 4.79 Å². The number of rotatable bonds is 5. The maximum Gasteiger partial charge on any atom is 0.255 e. The first-order chi connectivity index (χ1) is 14.8. The smallest absolute Gasteiger partial charge is 0.255 e. The first-order valence-electron chi connectivity index (χ1n) is 10.9. The Morgan fingerprint density at radius 1 is 1.13 bits per heavy atom. The van der Waals surface area contributed by atoms with Gasteiger partial charge < -0.3 is 19.4 Å². The van der Waals surface area contributed by atoms with Gasteiger partial charge in [-0.15, -0.1) is 0 Å². The van der Waals surface area contributed by atoms with Crippen LogP contribution in [0.3, 0.4) is 0 Å². The van der Waals surface area contributed by atoms with Gasteiger partial charge in [-0.05, 0) is 68.1 Å². The predicted octanol–water partition coefficient (Wildman–Crippen LogP) is 4.57. The minimum atomic E-state index is -0.138. The molecule has 6 nitrogen and oxygen atoms in total. The average molecular weight is 405 g/mol. The van der Waals surface area contributed by atoms with E-state index >= 15 is 0 Å². The van der Waals surface area contributed by atoms with Crippen LogP contribution in [-0.4, -0.2) is 34.8 Å². The molecule has 1 aromatic heterocycles. The normalized spacial score (nSPS) is 18.7. The molecule has 0 saturated carbocycles. The van der Waals surface area contributed by atoms with Gasteiger partial charge in [0, 0.05) is 30.8 Å². The van der Waals surface area contributed by atoms with Gasteiger partial charge in [-0.3, -0.25) is 4.79 Å². The van der Waals surface area contributed by atoms with Gasteiger partial charge in [0.05, 0.1) is 17.1 Å². The summed E-state index contributed by atoms with van der Waals surface area (Å²) in [5.41, 5.74) is 3.46. The van der Waals surface area contributed by atoms with Crippen molar-refractivity contribution in [2.24, 2.45) is 0 Å². The lowest BCUT2D eigenvalue weighted by molar-refractivity contribution is 0.0679. The van der Waals surface area contributed by atoms with E-state index < -0.39 is 0 Å². The summed E-state index contributed by atoms with van der Waals surface area (Å²) in [6.45, 7) is 2.40. The molecule has 30 heavy (non-hydrogen) atoms. The highest BCUT2D eigenvalue weighted by Gasteiger charge is 2.17. The number of fused-ring (bicyclic) bond motifs is 3. The van der Waals surface area contributed by atoms with Gasteiger partial charge in [0.15, 0.2) is 0 Å². The number of aryl methyl sites for hydroxylation is 2. The van der Waals surface area contributed by atoms with Gasteiger partial charge in [0.25, 0.3) is 5.91 Å². The molecule has 1 atom stereocenters. The molecule has 2 aliphatic rings. The number of benzene rings is 2. The van der Waals surface area contributed by atoms with Crippen molar-refractivity contribution in [3.63, 3.8) is 0 Å². The molecule has 1 N–H and O–H groups in total. The quantitative estimate of drug-likeness (QED) is 0.675. The molecule has 2 aliphatic heterocycles. The fraction of sp³-hybridized carbons (Fsp3) is 0.417. The summed E-state index contributed by atoms with van der Waals surface area (Å²) in [7, 11) is 0. The minimum absolute atomic E-state index is 0.138. The standard InChI is InChI=1S/C24H27N3O3/c28-24(17-7-10-19(11-8-17)30-16-20-5-4-14-29-20)25-18-9-12-22-21(15-18)26-23-6-2-1-3-13-27(22)23/h7-12,15,20H,1-6,13-14,16H2,(H,25,28). The number of anilines is 1. The highest BCUT2D eigenvalue weighted by Crippen LogP contribution is 2.25. The molecule has 0 radical (unpaired) electrons. The summed E-state index contributed by atoms with van der Waals surface area (Å²) in [5, 5.41) is 2.99. The molecule has 0 bridgehead atoms. The highest BCUT2D eigenvalue weighted by atomic mass is 16.5. The van der Waals surface area contributed by atoms with E-state index in [0.717, 1.165) is 60.7 Å². The molecule has 1 unspecified atom stereocenters. The Balaban J connectivity index is 1.25. The van der Waals surface area contributed by atoms with Crippen LogP contribution < -0.4 is 10.1 Å². The fourth-order valence-electron chi connectivity index (χ4n) is 4.30. The van der Waals surface area contributed by atoms with Crippen LogP contribution in [0, 0.1) is 0 Å². The maximum absolute atomic E-state index is 12.7. The SMILES string of the molecule is O=C(Nc1ccc2c(c1)nc1n2CCCCC1)c1ccc(OCC2CCCO2)cc1. The van der Waals surface area contributed by atoms with E-state index in [1.165, 1.54) is 19.3 Å². The number of nitrogens with zero attached hydrogens (tertiary/aromatic N) is 2. The van der Waals surface area contributed by atoms with Gasteiger partial charge in [-0.25, -0.2) is 4.98 Å². The number of ether oxygens (including phenoxy) is 2. The molecule has 3 heterocycles. The van der Waals surface area contributed by atoms with Crippen LogP contribution in [0.2, 0.25) is 0 Å². The zero-order chi connectivity index (χ0) is 20.3. The summed E-state index contributed by atoms with van der Waals surface area (Å²) in [6, 6.07) is 13.2. The van der Waals surface area contributed by atoms with Gasteiger partial charge in [-0.2, -0.15) is 0 Å². The number of hydrogen-bond acceptors (Lipinski definition) is 4. The van der Waals surface area contributed by atoms with E-state index in [0.29, 0.717) is 12.2 Å². The van der Waals surface area contributed by atoms with E-state index in [4.69, 9.17) is 14.5 Å². The van der Waals surface area contributed by atoms with Crippen molar-refractivity contribution in [1.29, 1.82) is 0 Å². The molecule has 1 fully saturated rings. The number of aromatic nitrogens is 2. The highest BCUT2D eigenvalue weighted by molar-refractivity contribution is 6.05. The van der Waals surface area contributed by atoms with Gasteiger partial charge >= 0.3 is 0 Å². The third kappa shape index (κ3) is 4.05. The fourth-order valence-corrected chi connectivity index (χ4v) is 4.30. The first-order valence-corrected chi connectivity index (χ1v) is 10.9. The number of imidazole rings is 1. The molecule has 156 valence electrons. The zero-order valence-electron chi connectivity index (χ0n) is 17.1. The van der Waals surface area contributed by atoms with Crippen molar-refractivity contribution < 1.29 is 14.3 Å². The van der Waals surface area contributed by atoms with Crippen LogP contribution in [0.15, 0.2) is 42.5 Å². The molecule has 0 aliphatic carbocycles. The number of amides is 1. The Morgan fingerprint density at radius 2 is 2.03 bits per heavy atom. The second-order valence-electron chi connectivity index (χ2n) is 8.12. The molecular weight excluding hydrogens is 378 g/mol. The van der Waals surface area contributed by atoms with E-state index in [1.54, 1.807) is 12.1 Å². The van der Waals surface area contributed by atoms with Gasteiger partial charge in [-0.1, -0.05) is 6.42 Å². The second kappa shape index (κ2) is 8.48. The summed E-state index contributed by atoms with van der Waals surface area (Å²) in [4.78, 5) is 17.5. The van der Waals surface area contributed by atoms with E-state index in [1.807, 2.05) is 24.3 Å². The second-order valence-corrected chi connectivity index (χ2v) is 8.12. The van der Waals surface area contributed by atoms with Crippen LogP contribution in [0.4, 0.5) is 5.69 Å². The monoisotopic (exact) mass is 405 g/mol. The Bertz CT molecular complexity index is 1040. The van der Waals surface area contributed by atoms with Crippen LogP contribution >= 0.6 is 0 Å². The summed E-state index contributed by atoms with van der Waals surface area (Å²) in [5.74, 6) is 1.77. The number of carbonyl (C=O) groups is 1. The maximum atomic E-state index is 12.7. The Morgan fingerprint density at radius 3 is 2.87 bits per heavy atom. The molecule has 5 rings (SSSR count). The Labute approximate surface area is 176 Å². The molecule has 3 aromatic rings. The van der Waals surface area contributed by atoms with Crippen molar-refractivity contribution in [2.45, 2.75) is 51.2 Å². The van der Waals surface area contributed by atoms with Gasteiger partial charge in [0.2, 0.25) is 0 Å². The van der Waals surface area contributed by atoms with Crippen molar-refractivity contribution in [3.05, 3.63) is 53.9 Å². The largest absolute Gasteiger partial charge is 0.491 e. The average Bonchev–Trinajstić information content (AvgIpc) is 3.34. The first kappa shape index (κ1) is 19.1. The summed E-state index contributed by atoms with van der Waals surface area (Å²) >= 11 is 0. The van der Waals surface area contributed by atoms with Crippen LogP contribution in [0.1, 0.15) is 48.3 Å². The summed E-state index contributed by atoms with van der Waals surface area (Å²) < 4.78 is 13.7. The zero-order valence-corrected chi connectivity index (χ0v) is 17.1. The third-order valence-electron chi connectivity index (χ3n) is 5.94. The molecule has 0 spiro atoms. The van der Waals surface area contributed by atoms with Crippen molar-refractivity contribution in [2.75, 3.05) is 18.5 Å². The van der Waals surface area contributed by atoms with E-state index in [2.05, 4.69) is 16.0 Å². The third-order valence-corrected chi connectivity index (χ3v) is 5.94. The van der Waals surface area contributed by atoms with Crippen molar-refractivity contribution in [1.82, 2.24) is 9.55 Å². The number of nitrogens with one attached hydrogen (secondary N) is 1. The molecular formula is C24H27N3O3. The topological polar surface area (TPSA) is 65.4 Å². The number of hydrogen-bond donors (Lipinski definition) is 1. The van der Waals surface area contributed by atoms with E-state index in [-0.39, 0.29) is 12.0 Å². The molecule has 1 saturated heterocycles. The van der Waals surface area contributed by atoms with Crippen LogP contribution in [0.25, 0.3) is 11.0 Å². The summed E-state index contributed by atoms with van der Waals surface area (Å²) in [6.07, 6.45) is 7.01. The molecule has 1 amide bonds. The minimum Gasteiger partial charge on any atom is -0.491 e. The molecule has 6 heteroatoms. The molecule has 2 aromatic carbocycles. The lowest BCUT2D eigenvalue weighted by Gasteiger charge is -2.12.